The van der Waals surface area contributed by atoms with E-state index in [0.29, 0.717) is 11.7 Å². The molecule has 6 heteroatoms. The average molecular weight is 299 g/mol. The molecule has 5 nitrogen and oxygen atoms in total. The molecule has 1 heterocycles. The molecule has 20 heavy (non-hydrogen) atoms. The average Bonchev–Trinajstić information content (AvgIpc) is 2.29. The molecule has 1 atom stereocenters. The summed E-state index contributed by atoms with van der Waals surface area (Å²) < 4.78 is 22.6. The number of rotatable bonds is 7. The van der Waals surface area contributed by atoms with Crippen molar-refractivity contribution in [1.29, 1.82) is 0 Å². The van der Waals surface area contributed by atoms with Crippen LogP contribution in [0.3, 0.4) is 0 Å². The highest BCUT2D eigenvalue weighted by molar-refractivity contribution is 7.89. The van der Waals surface area contributed by atoms with E-state index >= 15 is 0 Å². The third-order valence-electron chi connectivity index (χ3n) is 3.15. The van der Waals surface area contributed by atoms with E-state index in [9.17, 15) is 8.42 Å². The maximum Gasteiger partial charge on any atom is 0.154 e. The van der Waals surface area contributed by atoms with Gasteiger partial charge in [0, 0.05) is 17.6 Å². The molecule has 0 saturated heterocycles. The summed E-state index contributed by atoms with van der Waals surface area (Å²) in [5.74, 6) is 0.796. The van der Waals surface area contributed by atoms with Crippen LogP contribution < -0.4 is 5.32 Å². The van der Waals surface area contributed by atoms with Gasteiger partial charge in [-0.1, -0.05) is 13.8 Å². The maximum absolute atomic E-state index is 11.3. The fraction of sp³-hybridized carbons (Fsp3) is 0.714. The molecule has 0 amide bonds. The van der Waals surface area contributed by atoms with Crippen molar-refractivity contribution in [2.75, 3.05) is 19.3 Å². The highest BCUT2D eigenvalue weighted by Crippen LogP contribution is 2.16. The van der Waals surface area contributed by atoms with E-state index in [1.54, 1.807) is 0 Å². The van der Waals surface area contributed by atoms with Crippen LogP contribution in [-0.2, 0) is 22.0 Å². The van der Waals surface area contributed by atoms with Gasteiger partial charge in [0.2, 0.25) is 0 Å². The van der Waals surface area contributed by atoms with E-state index in [4.69, 9.17) is 0 Å². The van der Waals surface area contributed by atoms with Crippen molar-refractivity contribution in [3.8, 4) is 0 Å². The summed E-state index contributed by atoms with van der Waals surface area (Å²) in [4.78, 5) is 8.68. The number of nitrogens with zero attached hydrogens (tertiary/aromatic N) is 2. The van der Waals surface area contributed by atoms with Gasteiger partial charge in [-0.2, -0.15) is 0 Å². The van der Waals surface area contributed by atoms with Crippen LogP contribution in [0.2, 0.25) is 0 Å². The molecule has 1 aromatic rings. The second kappa shape index (κ2) is 7.13. The lowest BCUT2D eigenvalue weighted by molar-refractivity contribution is 0.517. The Hall–Kier alpha value is -1.01. The first-order chi connectivity index (χ1) is 9.23. The van der Waals surface area contributed by atoms with Gasteiger partial charge in [-0.25, -0.2) is 18.4 Å². The van der Waals surface area contributed by atoms with Crippen LogP contribution in [-0.4, -0.2) is 37.7 Å². The molecule has 1 aromatic heterocycles. The van der Waals surface area contributed by atoms with Crippen LogP contribution >= 0.6 is 0 Å². The smallest absolute Gasteiger partial charge is 0.154 e. The number of sulfone groups is 1. The summed E-state index contributed by atoms with van der Waals surface area (Å²) in [6, 6.07) is 0. The predicted molar refractivity (Wildman–Crippen MR) is 81.5 cm³/mol. The fourth-order valence-corrected chi connectivity index (χ4v) is 2.81. The lowest BCUT2D eigenvalue weighted by atomic mass is 9.98. The number of aryl methyl sites for hydroxylation is 2. The Morgan fingerprint density at radius 1 is 1.20 bits per heavy atom. The molecule has 0 saturated carbocycles. The molecule has 0 aliphatic rings. The van der Waals surface area contributed by atoms with Crippen LogP contribution in [0, 0.1) is 19.8 Å². The van der Waals surface area contributed by atoms with Gasteiger partial charge in [0.05, 0.1) is 0 Å². The summed E-state index contributed by atoms with van der Waals surface area (Å²) >= 11 is 0. The number of nitrogens with one attached hydrogen (secondary N) is 1. The van der Waals surface area contributed by atoms with Crippen LogP contribution in [0.15, 0.2) is 0 Å². The SMILES string of the molecule is CCNCC(C)Cc1c(C)nc(CS(C)(=O)=O)nc1C. The van der Waals surface area contributed by atoms with Crippen LogP contribution in [0.4, 0.5) is 0 Å². The second-order valence-corrected chi connectivity index (χ2v) is 7.62. The molecular weight excluding hydrogens is 274 g/mol. The zero-order chi connectivity index (χ0) is 15.3. The first-order valence-corrected chi connectivity index (χ1v) is 9.00. The van der Waals surface area contributed by atoms with Crippen molar-refractivity contribution in [1.82, 2.24) is 15.3 Å². The second-order valence-electron chi connectivity index (χ2n) is 5.48. The maximum atomic E-state index is 11.3. The van der Waals surface area contributed by atoms with E-state index in [2.05, 4.69) is 29.1 Å². The lowest BCUT2D eigenvalue weighted by Gasteiger charge is -2.15. The van der Waals surface area contributed by atoms with Crippen molar-refractivity contribution in [2.45, 2.75) is 39.9 Å². The third kappa shape index (κ3) is 5.54. The van der Waals surface area contributed by atoms with Gasteiger partial charge in [-0.05, 0) is 44.8 Å². The Morgan fingerprint density at radius 3 is 2.20 bits per heavy atom. The van der Waals surface area contributed by atoms with Gasteiger partial charge < -0.3 is 5.32 Å². The highest BCUT2D eigenvalue weighted by atomic mass is 32.2. The molecule has 0 aliphatic carbocycles. The number of hydrogen-bond acceptors (Lipinski definition) is 5. The van der Waals surface area contributed by atoms with E-state index < -0.39 is 9.84 Å². The summed E-state index contributed by atoms with van der Waals surface area (Å²) in [7, 11) is -3.09. The van der Waals surface area contributed by atoms with Crippen molar-refractivity contribution < 1.29 is 8.42 Å². The lowest BCUT2D eigenvalue weighted by Crippen LogP contribution is -2.23. The Balaban J connectivity index is 2.89. The van der Waals surface area contributed by atoms with Crippen LogP contribution in [0.1, 0.15) is 36.6 Å². The molecule has 1 rings (SSSR count). The van der Waals surface area contributed by atoms with Gasteiger partial charge in [0.1, 0.15) is 11.6 Å². The minimum atomic E-state index is -3.09. The topological polar surface area (TPSA) is 72.0 Å². The zero-order valence-corrected chi connectivity index (χ0v) is 13.8. The van der Waals surface area contributed by atoms with Crippen molar-refractivity contribution >= 4 is 9.84 Å². The molecule has 114 valence electrons. The quantitative estimate of drug-likeness (QED) is 0.824. The van der Waals surface area contributed by atoms with Gasteiger partial charge in [-0.15, -0.1) is 0 Å². The molecule has 0 radical (unpaired) electrons. The summed E-state index contributed by atoms with van der Waals surface area (Å²) in [6.07, 6.45) is 2.11. The van der Waals surface area contributed by atoms with Gasteiger partial charge >= 0.3 is 0 Å². The number of hydrogen-bond donors (Lipinski definition) is 1. The zero-order valence-electron chi connectivity index (χ0n) is 13.0. The third-order valence-corrected chi connectivity index (χ3v) is 3.94. The summed E-state index contributed by atoms with van der Waals surface area (Å²) in [6.45, 7) is 10.1. The van der Waals surface area contributed by atoms with E-state index in [1.165, 1.54) is 6.26 Å². The predicted octanol–water partition coefficient (Wildman–Crippen LogP) is 1.43. The van der Waals surface area contributed by atoms with E-state index in [-0.39, 0.29) is 5.75 Å². The first kappa shape index (κ1) is 17.0. The minimum absolute atomic E-state index is 0.0953. The normalized spacial score (nSPS) is 13.4. The van der Waals surface area contributed by atoms with E-state index in [1.807, 2.05) is 13.8 Å². The van der Waals surface area contributed by atoms with Crippen molar-refractivity contribution in [3.05, 3.63) is 22.8 Å². The molecule has 0 spiro atoms. The van der Waals surface area contributed by atoms with Crippen LogP contribution in [0.25, 0.3) is 0 Å². The van der Waals surface area contributed by atoms with Crippen molar-refractivity contribution in [2.24, 2.45) is 5.92 Å². The Labute approximate surface area is 122 Å². The number of aromatic nitrogens is 2. The first-order valence-electron chi connectivity index (χ1n) is 6.94. The molecule has 1 N–H and O–H groups in total. The monoisotopic (exact) mass is 299 g/mol. The van der Waals surface area contributed by atoms with Crippen molar-refractivity contribution in [3.63, 3.8) is 0 Å². The molecule has 0 fully saturated rings. The largest absolute Gasteiger partial charge is 0.317 e. The standard InChI is InChI=1S/C14H25N3O2S/c1-6-15-8-10(2)7-13-11(3)16-14(17-12(13)4)9-20(5,18)19/h10,15H,6-9H2,1-5H3. The van der Waals surface area contributed by atoms with Crippen LogP contribution in [0.5, 0.6) is 0 Å². The molecule has 0 bridgehead atoms. The fourth-order valence-electron chi connectivity index (χ4n) is 2.21. The Bertz CT molecular complexity index is 533. The van der Waals surface area contributed by atoms with Gasteiger partial charge in [0.25, 0.3) is 0 Å². The molecular formula is C14H25N3O2S. The summed E-state index contributed by atoms with van der Waals surface area (Å²) in [5, 5.41) is 3.33. The minimum Gasteiger partial charge on any atom is -0.317 e. The summed E-state index contributed by atoms with van der Waals surface area (Å²) in [5.41, 5.74) is 2.91. The van der Waals surface area contributed by atoms with Gasteiger partial charge in [-0.3, -0.25) is 0 Å². The molecule has 0 aliphatic heterocycles. The van der Waals surface area contributed by atoms with Gasteiger partial charge in [0.15, 0.2) is 9.84 Å². The highest BCUT2D eigenvalue weighted by Gasteiger charge is 2.14. The molecule has 1 unspecified atom stereocenters. The molecule has 0 aromatic carbocycles. The Kier molecular flexibility index (Phi) is 6.07. The van der Waals surface area contributed by atoms with E-state index in [0.717, 1.165) is 36.5 Å². The Morgan fingerprint density at radius 2 is 1.75 bits per heavy atom.